The Morgan fingerprint density at radius 1 is 1.11 bits per heavy atom. The Bertz CT molecular complexity index is 1240. The Morgan fingerprint density at radius 3 is 2.41 bits per heavy atom. The molecule has 4 atom stereocenters. The summed E-state index contributed by atoms with van der Waals surface area (Å²) in [5.74, 6) is -0.0496. The molecule has 0 fully saturated rings. The largest absolute Gasteiger partial charge is 0.490 e. The van der Waals surface area contributed by atoms with Crippen molar-refractivity contribution in [2.24, 2.45) is 5.92 Å². The summed E-state index contributed by atoms with van der Waals surface area (Å²) in [6.45, 7) is 6.25. The molecule has 1 heterocycles. The number of aliphatic hydroxyl groups is 1. The molecule has 3 amide bonds. The highest BCUT2D eigenvalue weighted by Crippen LogP contribution is 2.31. The Balaban J connectivity index is 1.84. The van der Waals surface area contributed by atoms with E-state index in [2.05, 4.69) is 5.32 Å². The Labute approximate surface area is 257 Å². The van der Waals surface area contributed by atoms with Crippen molar-refractivity contribution in [3.05, 3.63) is 53.6 Å². The summed E-state index contributed by atoms with van der Waals surface area (Å²) in [4.78, 5) is 32.0. The van der Waals surface area contributed by atoms with Crippen LogP contribution in [0.4, 0.5) is 29.3 Å². The van der Waals surface area contributed by atoms with Gasteiger partial charge in [0.15, 0.2) is 0 Å². The molecule has 0 spiro atoms. The number of rotatable bonds is 6. The van der Waals surface area contributed by atoms with Crippen molar-refractivity contribution in [3.63, 3.8) is 0 Å². The van der Waals surface area contributed by atoms with Crippen molar-refractivity contribution in [3.8, 4) is 5.75 Å². The van der Waals surface area contributed by atoms with Gasteiger partial charge in [0.1, 0.15) is 5.75 Å². The lowest BCUT2D eigenvalue weighted by Crippen LogP contribution is -2.48. The van der Waals surface area contributed by atoms with Gasteiger partial charge in [0.2, 0.25) is 0 Å². The van der Waals surface area contributed by atoms with Gasteiger partial charge in [0.25, 0.3) is 5.91 Å². The molecule has 2 N–H and O–H groups in total. The highest BCUT2D eigenvalue weighted by atomic mass is 19.4. The zero-order valence-corrected chi connectivity index (χ0v) is 26.4. The number of amides is 3. The first kappa shape index (κ1) is 35.0. The van der Waals surface area contributed by atoms with E-state index in [1.807, 2.05) is 45.0 Å². The number of nitrogens with zero attached hydrogens (tertiary/aromatic N) is 3. The lowest BCUT2D eigenvalue weighted by Gasteiger charge is -2.36. The van der Waals surface area contributed by atoms with E-state index >= 15 is 0 Å². The van der Waals surface area contributed by atoms with Gasteiger partial charge in [-0.25, -0.2) is 4.79 Å². The number of carbonyl (C=O) groups excluding carboxylic acids is 2. The molecule has 0 aliphatic carbocycles. The minimum atomic E-state index is -4.47. The number of likely N-dealkylation sites (N-methyl/N-ethyl adjacent to an activating group) is 1. The van der Waals surface area contributed by atoms with Crippen LogP contribution in [0.5, 0.6) is 5.75 Å². The normalized spacial score (nSPS) is 21.0. The predicted octanol–water partition coefficient (Wildman–Crippen LogP) is 5.73. The molecule has 3 rings (SSSR count). The Kier molecular flexibility index (Phi) is 12.3. The fraction of sp³-hybridized carbons (Fsp3) is 0.562. The predicted molar refractivity (Wildman–Crippen MR) is 164 cm³/mol. The summed E-state index contributed by atoms with van der Waals surface area (Å²) < 4.78 is 51.3. The van der Waals surface area contributed by atoms with Crippen LogP contribution in [0.2, 0.25) is 0 Å². The quantitative estimate of drug-likeness (QED) is 0.428. The van der Waals surface area contributed by atoms with Gasteiger partial charge in [0.05, 0.1) is 36.0 Å². The third-order valence-corrected chi connectivity index (χ3v) is 7.82. The van der Waals surface area contributed by atoms with Gasteiger partial charge in [0, 0.05) is 58.1 Å². The number of urea groups is 1. The zero-order chi connectivity index (χ0) is 32.6. The third-order valence-electron chi connectivity index (χ3n) is 7.82. The molecule has 0 radical (unpaired) electrons. The van der Waals surface area contributed by atoms with E-state index < -0.39 is 29.9 Å². The van der Waals surface area contributed by atoms with Crippen LogP contribution in [0.15, 0.2) is 42.5 Å². The number of nitrogens with one attached hydrogen (secondary N) is 1. The average Bonchev–Trinajstić information content (AvgIpc) is 2.97. The van der Waals surface area contributed by atoms with Crippen LogP contribution >= 0.6 is 0 Å². The van der Waals surface area contributed by atoms with E-state index in [0.717, 1.165) is 37.1 Å². The first-order valence-electron chi connectivity index (χ1n) is 14.9. The summed E-state index contributed by atoms with van der Waals surface area (Å²) in [6.07, 6.45) is -2.74. The van der Waals surface area contributed by atoms with Crippen LogP contribution in [-0.2, 0) is 10.9 Å². The van der Waals surface area contributed by atoms with E-state index in [4.69, 9.17) is 9.47 Å². The van der Waals surface area contributed by atoms with E-state index in [-0.39, 0.29) is 43.3 Å². The van der Waals surface area contributed by atoms with Gasteiger partial charge in [-0.15, -0.1) is 0 Å². The molecular formula is C32H45F3N4O5. The van der Waals surface area contributed by atoms with Gasteiger partial charge in [-0.2, -0.15) is 13.2 Å². The molecule has 0 saturated heterocycles. The number of fused-ring (bicyclic) bond motifs is 1. The smallest absolute Gasteiger partial charge is 0.416 e. The van der Waals surface area contributed by atoms with E-state index in [1.165, 1.54) is 17.0 Å². The van der Waals surface area contributed by atoms with Gasteiger partial charge in [-0.1, -0.05) is 6.92 Å². The zero-order valence-electron chi connectivity index (χ0n) is 26.4. The molecule has 1 aliphatic rings. The molecule has 0 bridgehead atoms. The molecule has 0 aromatic heterocycles. The Morgan fingerprint density at radius 2 is 1.80 bits per heavy atom. The fourth-order valence-corrected chi connectivity index (χ4v) is 4.97. The third kappa shape index (κ3) is 9.49. The standard InChI is InChI=1S/C32H45F3N4O5/c1-21-18-39(22(2)20-40)30(41)27-17-26(37(4)5)14-15-28(27)44-23(3)9-7-8-16-43-29(21)19-38(6)31(42)36-25-12-10-24(11-13-25)32(33,34)35/h10-15,17,21-23,29,40H,7-9,16,18-20H2,1-6H3,(H,36,42)/t21-,22+,23-,29+/m0/s1. The van der Waals surface area contributed by atoms with Crippen LogP contribution in [0.25, 0.3) is 0 Å². The van der Waals surface area contributed by atoms with E-state index in [9.17, 15) is 27.9 Å². The first-order valence-corrected chi connectivity index (χ1v) is 14.9. The number of ether oxygens (including phenoxy) is 2. The number of hydrogen-bond acceptors (Lipinski definition) is 6. The number of halogens is 3. The monoisotopic (exact) mass is 622 g/mol. The second-order valence-corrected chi connectivity index (χ2v) is 11.8. The van der Waals surface area contributed by atoms with Crippen molar-refractivity contribution in [2.75, 3.05) is 57.7 Å². The number of aliphatic hydroxyl groups excluding tert-OH is 1. The minimum absolute atomic E-state index is 0.145. The van der Waals surface area contributed by atoms with Crippen LogP contribution in [0.1, 0.15) is 56.0 Å². The summed E-state index contributed by atoms with van der Waals surface area (Å²) in [5.41, 5.74) is 0.665. The van der Waals surface area contributed by atoms with Crippen molar-refractivity contribution in [1.29, 1.82) is 0 Å². The second-order valence-electron chi connectivity index (χ2n) is 11.8. The maximum absolute atomic E-state index is 14.1. The minimum Gasteiger partial charge on any atom is -0.490 e. The fourth-order valence-electron chi connectivity index (χ4n) is 4.97. The summed E-state index contributed by atoms with van der Waals surface area (Å²) >= 11 is 0. The van der Waals surface area contributed by atoms with Crippen molar-refractivity contribution >= 4 is 23.3 Å². The lowest BCUT2D eigenvalue weighted by molar-refractivity contribution is -0.137. The van der Waals surface area contributed by atoms with Crippen LogP contribution < -0.4 is 15.0 Å². The van der Waals surface area contributed by atoms with E-state index in [1.54, 1.807) is 24.9 Å². The molecule has 0 unspecified atom stereocenters. The van der Waals surface area contributed by atoms with Gasteiger partial charge in [-0.3, -0.25) is 4.79 Å². The summed E-state index contributed by atoms with van der Waals surface area (Å²) in [7, 11) is 5.36. The highest BCUT2D eigenvalue weighted by molar-refractivity contribution is 5.98. The molecule has 0 saturated carbocycles. The molecule has 9 nitrogen and oxygen atoms in total. The highest BCUT2D eigenvalue weighted by Gasteiger charge is 2.32. The van der Waals surface area contributed by atoms with Gasteiger partial charge < -0.3 is 34.6 Å². The number of carbonyl (C=O) groups is 2. The van der Waals surface area contributed by atoms with Gasteiger partial charge in [-0.05, 0) is 75.6 Å². The summed E-state index contributed by atoms with van der Waals surface area (Å²) in [6, 6.07) is 8.74. The average molecular weight is 623 g/mol. The first-order chi connectivity index (χ1) is 20.7. The number of hydrogen-bond donors (Lipinski definition) is 2. The molecule has 44 heavy (non-hydrogen) atoms. The van der Waals surface area contributed by atoms with E-state index in [0.29, 0.717) is 17.9 Å². The molecule has 244 valence electrons. The molecule has 12 heteroatoms. The van der Waals surface area contributed by atoms with Crippen LogP contribution in [0.3, 0.4) is 0 Å². The topological polar surface area (TPSA) is 94.6 Å². The molecular weight excluding hydrogens is 577 g/mol. The lowest BCUT2D eigenvalue weighted by atomic mass is 10.0. The molecule has 2 aromatic carbocycles. The van der Waals surface area contributed by atoms with Crippen molar-refractivity contribution in [2.45, 2.75) is 64.5 Å². The SMILES string of the molecule is C[C@H](CO)N1C[C@H](C)[C@@H](CN(C)C(=O)Nc2ccc(C(F)(F)F)cc2)OCCCC[C@H](C)Oc2ccc(N(C)C)cc2C1=O. The van der Waals surface area contributed by atoms with Gasteiger partial charge >= 0.3 is 12.2 Å². The van der Waals surface area contributed by atoms with Crippen LogP contribution in [-0.4, -0.2) is 92.5 Å². The van der Waals surface area contributed by atoms with Crippen LogP contribution in [0, 0.1) is 5.92 Å². The maximum atomic E-state index is 14.1. The van der Waals surface area contributed by atoms with Crippen molar-refractivity contribution in [1.82, 2.24) is 9.80 Å². The summed E-state index contributed by atoms with van der Waals surface area (Å²) in [5, 5.41) is 12.7. The number of benzene rings is 2. The van der Waals surface area contributed by atoms with Crippen molar-refractivity contribution < 1.29 is 37.3 Å². The number of alkyl halides is 3. The number of anilines is 2. The maximum Gasteiger partial charge on any atom is 0.416 e. The Hall–Kier alpha value is -3.51. The molecule has 2 aromatic rings. The molecule has 1 aliphatic heterocycles. The second kappa shape index (κ2) is 15.5.